The van der Waals surface area contributed by atoms with Crippen molar-refractivity contribution >= 4 is 17.3 Å². The van der Waals surface area contributed by atoms with Gasteiger partial charge in [0.2, 0.25) is 0 Å². The van der Waals surface area contributed by atoms with Gasteiger partial charge in [0.25, 0.3) is 5.91 Å². The van der Waals surface area contributed by atoms with Crippen LogP contribution < -0.4 is 11.1 Å². The molecule has 1 amide bonds. The number of carbonyl (C=O) groups excluding carboxylic acids is 1. The van der Waals surface area contributed by atoms with Crippen molar-refractivity contribution in [3.63, 3.8) is 0 Å². The number of hydrogen-bond donors (Lipinski definition) is 2. The van der Waals surface area contributed by atoms with Crippen LogP contribution in [0.25, 0.3) is 0 Å². The first-order valence-corrected chi connectivity index (χ1v) is 7.33. The molecule has 4 heteroatoms. The smallest absolute Gasteiger partial charge is 0.257 e. The number of para-hydroxylation sites is 1. The zero-order valence-electron chi connectivity index (χ0n) is 13.6. The predicted molar refractivity (Wildman–Crippen MR) is 92.1 cm³/mol. The lowest BCUT2D eigenvalue weighted by molar-refractivity contribution is 0.102. The Morgan fingerprint density at radius 3 is 2.36 bits per heavy atom. The monoisotopic (exact) mass is 297 g/mol. The third-order valence-corrected chi connectivity index (χ3v) is 3.97. The minimum Gasteiger partial charge on any atom is -0.398 e. The Labute approximate surface area is 131 Å². The van der Waals surface area contributed by atoms with Gasteiger partial charge in [-0.15, -0.1) is 0 Å². The van der Waals surface area contributed by atoms with Crippen LogP contribution in [0.4, 0.5) is 11.4 Å². The summed E-state index contributed by atoms with van der Waals surface area (Å²) >= 11 is 0. The van der Waals surface area contributed by atoms with Crippen molar-refractivity contribution < 1.29 is 4.79 Å². The largest absolute Gasteiger partial charge is 0.398 e. The number of nitrogens with one attached hydrogen (secondary N) is 1. The summed E-state index contributed by atoms with van der Waals surface area (Å²) in [6.45, 7) is 4.10. The molecule has 0 saturated carbocycles. The molecule has 0 saturated heterocycles. The van der Waals surface area contributed by atoms with Crippen LogP contribution in [0, 0.1) is 6.92 Å². The number of nitrogens with two attached hydrogens (primary N) is 1. The first-order chi connectivity index (χ1) is 10.4. The summed E-state index contributed by atoms with van der Waals surface area (Å²) in [4.78, 5) is 14.6. The second-order valence-electron chi connectivity index (χ2n) is 5.72. The van der Waals surface area contributed by atoms with E-state index in [2.05, 4.69) is 17.1 Å². The maximum Gasteiger partial charge on any atom is 0.257 e. The number of rotatable bonds is 4. The third kappa shape index (κ3) is 3.28. The Morgan fingerprint density at radius 1 is 1.14 bits per heavy atom. The first-order valence-electron chi connectivity index (χ1n) is 7.33. The van der Waals surface area contributed by atoms with Crippen LogP contribution in [0.1, 0.15) is 34.5 Å². The number of hydrogen-bond acceptors (Lipinski definition) is 3. The highest BCUT2D eigenvalue weighted by atomic mass is 16.1. The lowest BCUT2D eigenvalue weighted by atomic mass is 9.95. The number of nitrogens with zero attached hydrogens (tertiary/aromatic N) is 1. The summed E-state index contributed by atoms with van der Waals surface area (Å²) in [6.07, 6.45) is 0. The Kier molecular flexibility index (Phi) is 4.83. The first kappa shape index (κ1) is 16.0. The van der Waals surface area contributed by atoms with E-state index in [1.54, 1.807) is 6.07 Å². The Bertz CT molecular complexity index is 666. The molecule has 22 heavy (non-hydrogen) atoms. The molecular formula is C18H23N3O. The summed E-state index contributed by atoms with van der Waals surface area (Å²) in [5.74, 6) is -0.184. The normalized spacial score (nSPS) is 12.2. The summed E-state index contributed by atoms with van der Waals surface area (Å²) < 4.78 is 0. The van der Waals surface area contributed by atoms with Crippen molar-refractivity contribution in [3.8, 4) is 0 Å². The molecule has 0 aliphatic carbocycles. The van der Waals surface area contributed by atoms with Crippen molar-refractivity contribution in [2.75, 3.05) is 25.1 Å². The summed E-state index contributed by atoms with van der Waals surface area (Å²) in [6, 6.07) is 13.3. The molecule has 0 aromatic heterocycles. The van der Waals surface area contributed by atoms with Crippen LogP contribution in [0.2, 0.25) is 0 Å². The van der Waals surface area contributed by atoms with Gasteiger partial charge in [0, 0.05) is 17.4 Å². The number of anilines is 2. The van der Waals surface area contributed by atoms with Gasteiger partial charge in [-0.05, 0) is 57.3 Å². The van der Waals surface area contributed by atoms with Gasteiger partial charge in [0.15, 0.2) is 0 Å². The van der Waals surface area contributed by atoms with Crippen LogP contribution >= 0.6 is 0 Å². The van der Waals surface area contributed by atoms with Gasteiger partial charge < -0.3 is 16.0 Å². The van der Waals surface area contributed by atoms with Gasteiger partial charge >= 0.3 is 0 Å². The topological polar surface area (TPSA) is 58.4 Å². The summed E-state index contributed by atoms with van der Waals surface area (Å²) in [5, 5.41) is 2.88. The summed E-state index contributed by atoms with van der Waals surface area (Å²) in [5.41, 5.74) is 10.2. The quantitative estimate of drug-likeness (QED) is 0.850. The van der Waals surface area contributed by atoms with Crippen molar-refractivity contribution in [2.45, 2.75) is 19.9 Å². The lowest BCUT2D eigenvalue weighted by Crippen LogP contribution is -2.21. The van der Waals surface area contributed by atoms with E-state index < -0.39 is 0 Å². The van der Waals surface area contributed by atoms with Crippen LogP contribution in [-0.4, -0.2) is 24.9 Å². The molecule has 0 bridgehead atoms. The van der Waals surface area contributed by atoms with Gasteiger partial charge in [-0.25, -0.2) is 0 Å². The molecule has 4 nitrogen and oxygen atoms in total. The molecule has 1 unspecified atom stereocenters. The molecule has 1 atom stereocenters. The number of carbonyl (C=O) groups is 1. The van der Waals surface area contributed by atoms with Gasteiger partial charge in [-0.3, -0.25) is 4.79 Å². The molecule has 2 aromatic carbocycles. The molecule has 0 spiro atoms. The van der Waals surface area contributed by atoms with E-state index in [-0.39, 0.29) is 11.9 Å². The number of aryl methyl sites for hydroxylation is 1. The maximum absolute atomic E-state index is 12.5. The van der Waals surface area contributed by atoms with E-state index in [4.69, 9.17) is 5.73 Å². The Morgan fingerprint density at radius 2 is 1.77 bits per heavy atom. The SMILES string of the molecule is Cc1ccc(C(=O)Nc2ccccc2)c(N)c1C(C)N(C)C. The van der Waals surface area contributed by atoms with Crippen LogP contribution in [-0.2, 0) is 0 Å². The van der Waals surface area contributed by atoms with Gasteiger partial charge in [0.05, 0.1) is 5.56 Å². The van der Waals surface area contributed by atoms with Gasteiger partial charge in [-0.2, -0.15) is 0 Å². The fraction of sp³-hybridized carbons (Fsp3) is 0.278. The fourth-order valence-corrected chi connectivity index (χ4v) is 2.48. The van der Waals surface area contributed by atoms with Crippen LogP contribution in [0.15, 0.2) is 42.5 Å². The third-order valence-electron chi connectivity index (χ3n) is 3.97. The minimum atomic E-state index is -0.184. The highest BCUT2D eigenvalue weighted by Gasteiger charge is 2.19. The maximum atomic E-state index is 12.5. The number of nitrogen functional groups attached to an aromatic ring is 1. The van der Waals surface area contributed by atoms with Crippen LogP contribution in [0.3, 0.4) is 0 Å². The van der Waals surface area contributed by atoms with Crippen molar-refractivity contribution in [2.24, 2.45) is 0 Å². The minimum absolute atomic E-state index is 0.143. The van der Waals surface area contributed by atoms with Gasteiger partial charge in [0.1, 0.15) is 0 Å². The van der Waals surface area contributed by atoms with E-state index >= 15 is 0 Å². The highest BCUT2D eigenvalue weighted by molar-refractivity contribution is 6.08. The molecule has 2 rings (SSSR count). The highest BCUT2D eigenvalue weighted by Crippen LogP contribution is 2.30. The number of benzene rings is 2. The van der Waals surface area contributed by atoms with Crippen molar-refractivity contribution in [1.29, 1.82) is 0 Å². The zero-order chi connectivity index (χ0) is 16.3. The molecule has 0 aliphatic heterocycles. The predicted octanol–water partition coefficient (Wildman–Crippen LogP) is 3.45. The Balaban J connectivity index is 2.36. The average molecular weight is 297 g/mol. The van der Waals surface area contributed by atoms with E-state index in [0.717, 1.165) is 16.8 Å². The standard InChI is InChI=1S/C18H23N3O/c1-12-10-11-15(17(19)16(12)13(2)21(3)4)18(22)20-14-8-6-5-7-9-14/h5-11,13H,19H2,1-4H3,(H,20,22). The second kappa shape index (κ2) is 6.62. The molecule has 0 fully saturated rings. The molecule has 116 valence electrons. The van der Waals surface area contributed by atoms with Crippen LogP contribution in [0.5, 0.6) is 0 Å². The number of amides is 1. The van der Waals surface area contributed by atoms with Crippen molar-refractivity contribution in [1.82, 2.24) is 4.90 Å². The van der Waals surface area contributed by atoms with E-state index in [1.165, 1.54) is 0 Å². The molecule has 0 heterocycles. The fourth-order valence-electron chi connectivity index (χ4n) is 2.48. The zero-order valence-corrected chi connectivity index (χ0v) is 13.6. The van der Waals surface area contributed by atoms with E-state index in [0.29, 0.717) is 11.3 Å². The Hall–Kier alpha value is -2.33. The molecule has 3 N–H and O–H groups in total. The molecule has 0 radical (unpaired) electrons. The molecular weight excluding hydrogens is 274 g/mol. The summed E-state index contributed by atoms with van der Waals surface area (Å²) in [7, 11) is 4.00. The second-order valence-corrected chi connectivity index (χ2v) is 5.72. The molecule has 0 aliphatic rings. The molecule has 2 aromatic rings. The average Bonchev–Trinajstić information content (AvgIpc) is 2.48. The lowest BCUT2D eigenvalue weighted by Gasteiger charge is -2.24. The van der Waals surface area contributed by atoms with Crippen molar-refractivity contribution in [3.05, 3.63) is 59.2 Å². The van der Waals surface area contributed by atoms with Gasteiger partial charge in [-0.1, -0.05) is 24.3 Å². The van der Waals surface area contributed by atoms with E-state index in [1.807, 2.05) is 57.4 Å². The van der Waals surface area contributed by atoms with E-state index in [9.17, 15) is 4.79 Å².